The van der Waals surface area contributed by atoms with Gasteiger partial charge in [-0.3, -0.25) is 0 Å². The predicted octanol–water partition coefficient (Wildman–Crippen LogP) is 0.0373. The molecule has 0 bridgehead atoms. The lowest BCUT2D eigenvalue weighted by Gasteiger charge is -2.15. The zero-order valence-corrected chi connectivity index (χ0v) is 13.2. The molecule has 0 amide bonds. The second-order valence-corrected chi connectivity index (χ2v) is 8.23. The summed E-state index contributed by atoms with van der Waals surface area (Å²) in [4.78, 5) is -0.743. The van der Waals surface area contributed by atoms with Gasteiger partial charge in [0, 0.05) is 19.1 Å². The summed E-state index contributed by atoms with van der Waals surface area (Å²) >= 11 is 0. The fourth-order valence-electron chi connectivity index (χ4n) is 2.25. The molecule has 0 spiro atoms. The van der Waals surface area contributed by atoms with E-state index in [4.69, 9.17) is 9.88 Å². The first-order chi connectivity index (χ1) is 9.72. The largest absolute Gasteiger partial charge is 0.378 e. The van der Waals surface area contributed by atoms with Gasteiger partial charge in [0.15, 0.2) is 0 Å². The van der Waals surface area contributed by atoms with Crippen LogP contribution in [-0.4, -0.2) is 36.1 Å². The molecular weight excluding hydrogens is 316 g/mol. The van der Waals surface area contributed by atoms with E-state index in [1.54, 1.807) is 0 Å². The van der Waals surface area contributed by atoms with Crippen molar-refractivity contribution in [1.29, 1.82) is 0 Å². The normalized spacial score (nSPS) is 23.3. The molecule has 21 heavy (non-hydrogen) atoms. The summed E-state index contributed by atoms with van der Waals surface area (Å²) in [7, 11) is -8.06. The lowest BCUT2D eigenvalue weighted by Crippen LogP contribution is -2.33. The Morgan fingerprint density at radius 2 is 1.86 bits per heavy atom. The van der Waals surface area contributed by atoms with Gasteiger partial charge in [0.1, 0.15) is 9.79 Å². The van der Waals surface area contributed by atoms with E-state index < -0.39 is 24.9 Å². The van der Waals surface area contributed by atoms with Crippen LogP contribution in [0.4, 0.5) is 0 Å². The van der Waals surface area contributed by atoms with Gasteiger partial charge in [-0.1, -0.05) is 12.1 Å². The fourth-order valence-corrected chi connectivity index (χ4v) is 4.72. The van der Waals surface area contributed by atoms with Crippen molar-refractivity contribution in [1.82, 2.24) is 4.72 Å². The molecule has 2 rings (SSSR count). The Labute approximate surface area is 124 Å². The van der Waals surface area contributed by atoms with Crippen LogP contribution in [0.2, 0.25) is 0 Å². The zero-order valence-electron chi connectivity index (χ0n) is 11.5. The quantitative estimate of drug-likeness (QED) is 0.788. The molecule has 118 valence electrons. The highest BCUT2D eigenvalue weighted by Crippen LogP contribution is 2.22. The van der Waals surface area contributed by atoms with Crippen LogP contribution in [0.3, 0.4) is 0 Å². The molecule has 1 fully saturated rings. The second-order valence-electron chi connectivity index (χ2n) is 4.97. The SMILES string of the molecule is CC1OCCC1CNS(=O)(=O)c1ccccc1S(N)(=O)=O. The number of hydrogen-bond donors (Lipinski definition) is 2. The Bertz CT molecular complexity index is 715. The first-order valence-electron chi connectivity index (χ1n) is 6.45. The predicted molar refractivity (Wildman–Crippen MR) is 76.5 cm³/mol. The average Bonchev–Trinajstić information content (AvgIpc) is 2.81. The number of sulfonamides is 2. The molecule has 1 saturated heterocycles. The van der Waals surface area contributed by atoms with Crippen LogP contribution in [0.15, 0.2) is 34.1 Å². The Hall–Kier alpha value is -1.00. The first kappa shape index (κ1) is 16.4. The standard InChI is InChI=1S/C12H18N2O5S2/c1-9-10(6-7-19-9)8-14-21(17,18)12-5-3-2-4-11(12)20(13,15)16/h2-5,9-10,14H,6-8H2,1H3,(H2,13,15,16). The van der Waals surface area contributed by atoms with Crippen molar-refractivity contribution < 1.29 is 21.6 Å². The van der Waals surface area contributed by atoms with E-state index in [-0.39, 0.29) is 23.5 Å². The zero-order chi connectivity index (χ0) is 15.7. The summed E-state index contributed by atoms with van der Waals surface area (Å²) in [5.74, 6) is 0.0708. The Kier molecular flexibility index (Phi) is 4.69. The van der Waals surface area contributed by atoms with Gasteiger partial charge >= 0.3 is 0 Å². The molecule has 3 N–H and O–H groups in total. The van der Waals surface area contributed by atoms with E-state index in [1.165, 1.54) is 24.3 Å². The van der Waals surface area contributed by atoms with Crippen LogP contribution in [0, 0.1) is 5.92 Å². The summed E-state index contributed by atoms with van der Waals surface area (Å²) in [6.45, 7) is 2.67. The van der Waals surface area contributed by atoms with Crippen molar-refractivity contribution in [2.45, 2.75) is 29.2 Å². The van der Waals surface area contributed by atoms with Crippen molar-refractivity contribution in [3.05, 3.63) is 24.3 Å². The first-order valence-corrected chi connectivity index (χ1v) is 9.48. The molecule has 9 heteroatoms. The maximum atomic E-state index is 12.3. The lowest BCUT2D eigenvalue weighted by molar-refractivity contribution is 0.107. The minimum Gasteiger partial charge on any atom is -0.378 e. The number of nitrogens with two attached hydrogens (primary N) is 1. The minimum absolute atomic E-state index is 0.0267. The number of primary sulfonamides is 1. The third-order valence-electron chi connectivity index (χ3n) is 3.51. The van der Waals surface area contributed by atoms with Crippen LogP contribution in [0.1, 0.15) is 13.3 Å². The fraction of sp³-hybridized carbons (Fsp3) is 0.500. The molecule has 1 heterocycles. The summed E-state index contributed by atoms with van der Waals surface area (Å²) in [6.07, 6.45) is 0.738. The molecule has 1 aromatic rings. The molecule has 0 saturated carbocycles. The van der Waals surface area contributed by atoms with Crippen LogP contribution in [-0.2, 0) is 24.8 Å². The number of ether oxygens (including phenoxy) is 1. The summed E-state index contributed by atoms with van der Waals surface area (Å²) in [5.41, 5.74) is 0. The monoisotopic (exact) mass is 334 g/mol. The third kappa shape index (κ3) is 3.80. The van der Waals surface area contributed by atoms with E-state index in [2.05, 4.69) is 4.72 Å². The van der Waals surface area contributed by atoms with Gasteiger partial charge in [-0.05, 0) is 25.5 Å². The smallest absolute Gasteiger partial charge is 0.241 e. The third-order valence-corrected chi connectivity index (χ3v) is 6.09. The highest BCUT2D eigenvalue weighted by molar-refractivity contribution is 7.92. The average molecular weight is 334 g/mol. The van der Waals surface area contributed by atoms with Crippen LogP contribution in [0.25, 0.3) is 0 Å². The van der Waals surface area contributed by atoms with Crippen molar-refractivity contribution in [2.24, 2.45) is 11.1 Å². The van der Waals surface area contributed by atoms with Crippen LogP contribution >= 0.6 is 0 Å². The highest BCUT2D eigenvalue weighted by atomic mass is 32.2. The molecule has 0 aliphatic carbocycles. The topological polar surface area (TPSA) is 116 Å². The van der Waals surface area contributed by atoms with Gasteiger partial charge in [-0.15, -0.1) is 0 Å². The van der Waals surface area contributed by atoms with Gasteiger partial charge in [0.2, 0.25) is 20.0 Å². The van der Waals surface area contributed by atoms with Crippen molar-refractivity contribution in [3.63, 3.8) is 0 Å². The van der Waals surface area contributed by atoms with E-state index in [9.17, 15) is 16.8 Å². The van der Waals surface area contributed by atoms with Gasteiger partial charge in [0.05, 0.1) is 6.10 Å². The maximum absolute atomic E-state index is 12.3. The second kappa shape index (κ2) is 6.01. The summed E-state index contributed by atoms with van der Waals surface area (Å²) in [6, 6.07) is 5.26. The molecule has 1 aromatic carbocycles. The highest BCUT2D eigenvalue weighted by Gasteiger charge is 2.28. The molecular formula is C12H18N2O5S2. The molecule has 2 atom stereocenters. The maximum Gasteiger partial charge on any atom is 0.241 e. The molecule has 2 unspecified atom stereocenters. The number of rotatable bonds is 5. The van der Waals surface area contributed by atoms with Gasteiger partial charge in [-0.2, -0.15) is 0 Å². The van der Waals surface area contributed by atoms with Crippen molar-refractivity contribution in [2.75, 3.05) is 13.2 Å². The molecule has 1 aliphatic rings. The number of nitrogens with one attached hydrogen (secondary N) is 1. The van der Waals surface area contributed by atoms with Gasteiger partial charge in [-0.25, -0.2) is 26.7 Å². The molecule has 7 nitrogen and oxygen atoms in total. The number of benzene rings is 1. The van der Waals surface area contributed by atoms with E-state index in [1.807, 2.05) is 6.92 Å². The molecule has 0 radical (unpaired) electrons. The molecule has 0 aromatic heterocycles. The minimum atomic E-state index is -4.11. The number of hydrogen-bond acceptors (Lipinski definition) is 5. The lowest BCUT2D eigenvalue weighted by atomic mass is 10.0. The Balaban J connectivity index is 2.24. The van der Waals surface area contributed by atoms with Crippen LogP contribution < -0.4 is 9.86 Å². The van der Waals surface area contributed by atoms with E-state index in [0.29, 0.717) is 6.61 Å². The molecule has 1 aliphatic heterocycles. The summed E-state index contributed by atoms with van der Waals surface area (Å²) < 4.78 is 55.3. The van der Waals surface area contributed by atoms with Crippen molar-refractivity contribution >= 4 is 20.0 Å². The van der Waals surface area contributed by atoms with Gasteiger partial charge < -0.3 is 4.74 Å². The Morgan fingerprint density at radius 3 is 2.38 bits per heavy atom. The summed E-state index contributed by atoms with van der Waals surface area (Å²) in [5, 5.41) is 5.05. The van der Waals surface area contributed by atoms with Crippen molar-refractivity contribution in [3.8, 4) is 0 Å². The van der Waals surface area contributed by atoms with E-state index >= 15 is 0 Å². The van der Waals surface area contributed by atoms with Crippen LogP contribution in [0.5, 0.6) is 0 Å². The van der Waals surface area contributed by atoms with E-state index in [0.717, 1.165) is 6.42 Å². The Morgan fingerprint density at radius 1 is 1.24 bits per heavy atom. The van der Waals surface area contributed by atoms with Gasteiger partial charge in [0.25, 0.3) is 0 Å².